The van der Waals surface area contributed by atoms with Crippen LogP contribution in [0.15, 0.2) is 38.4 Å². The molecule has 0 aliphatic carbocycles. The Kier molecular flexibility index (Phi) is 5.55. The monoisotopic (exact) mass is 478 g/mol. The van der Waals surface area contributed by atoms with Crippen LogP contribution < -0.4 is 14.2 Å². The number of morpholine rings is 1. The molecule has 2 aromatic heterocycles. The Hall–Kier alpha value is -3.00. The third kappa shape index (κ3) is 4.19. The van der Waals surface area contributed by atoms with E-state index in [2.05, 4.69) is 14.9 Å². The zero-order valence-electron chi connectivity index (χ0n) is 16.6. The first-order chi connectivity index (χ1) is 15.5. The number of sulfonamides is 1. The molecule has 0 bridgehead atoms. The summed E-state index contributed by atoms with van der Waals surface area (Å²) in [5.74, 6) is 0.847. The fraction of sp³-hybridized carbons (Fsp3) is 0.316. The van der Waals surface area contributed by atoms with E-state index in [1.807, 2.05) is 0 Å². The average Bonchev–Trinajstić information content (AvgIpc) is 3.57. The summed E-state index contributed by atoms with van der Waals surface area (Å²) in [5.41, 5.74) is 1.18. The molecule has 1 fully saturated rings. The molecule has 0 spiro atoms. The van der Waals surface area contributed by atoms with E-state index in [0.717, 1.165) is 16.9 Å². The second-order valence-electron chi connectivity index (χ2n) is 6.99. The molecule has 11 nitrogen and oxygen atoms in total. The molecule has 168 valence electrons. The minimum Gasteiger partial charge on any atom is -0.454 e. The number of nitrogens with zero attached hydrogens (tertiary/aromatic N) is 3. The Morgan fingerprint density at radius 2 is 1.97 bits per heavy atom. The second kappa shape index (κ2) is 8.50. The molecule has 5 rings (SSSR count). The lowest BCUT2D eigenvalue weighted by Gasteiger charge is -2.25. The molecule has 2 aliphatic heterocycles. The Morgan fingerprint density at radius 1 is 1.16 bits per heavy atom. The summed E-state index contributed by atoms with van der Waals surface area (Å²) in [5, 5.41) is 5.43. The number of benzene rings is 1. The van der Waals surface area contributed by atoms with Gasteiger partial charge in [0.05, 0.1) is 13.2 Å². The number of fused-ring (bicyclic) bond motifs is 1. The van der Waals surface area contributed by atoms with Crippen LogP contribution in [-0.2, 0) is 21.3 Å². The Labute approximate surface area is 186 Å². The predicted octanol–water partition coefficient (Wildman–Crippen LogP) is 1.48. The molecule has 32 heavy (non-hydrogen) atoms. The van der Waals surface area contributed by atoms with Crippen LogP contribution in [-0.4, -0.2) is 62.5 Å². The lowest BCUT2D eigenvalue weighted by atomic mass is 10.2. The Balaban J connectivity index is 1.26. The Bertz CT molecular complexity index is 1250. The molecular weight excluding hydrogens is 460 g/mol. The predicted molar refractivity (Wildman–Crippen MR) is 111 cm³/mol. The molecule has 1 amide bonds. The molecule has 0 unspecified atom stereocenters. The number of thiophene rings is 1. The van der Waals surface area contributed by atoms with Gasteiger partial charge >= 0.3 is 11.8 Å². The first-order valence-corrected chi connectivity index (χ1v) is 12.0. The van der Waals surface area contributed by atoms with Crippen molar-refractivity contribution in [1.29, 1.82) is 0 Å². The van der Waals surface area contributed by atoms with Crippen LogP contribution in [0, 0.1) is 0 Å². The highest BCUT2D eigenvalue weighted by Gasteiger charge is 2.25. The summed E-state index contributed by atoms with van der Waals surface area (Å²) >= 11 is 1.02. The van der Waals surface area contributed by atoms with Gasteiger partial charge in [0, 0.05) is 30.6 Å². The number of hydrogen-bond acceptors (Lipinski definition) is 10. The molecule has 0 atom stereocenters. The maximum Gasteiger partial charge on any atom is 0.316 e. The van der Waals surface area contributed by atoms with Crippen molar-refractivity contribution in [3.63, 3.8) is 0 Å². The zero-order chi connectivity index (χ0) is 22.1. The topological polar surface area (TPSA) is 133 Å². The third-order valence-corrected chi connectivity index (χ3v) is 7.75. The lowest BCUT2D eigenvalue weighted by molar-refractivity contribution is 0.0272. The van der Waals surface area contributed by atoms with Crippen molar-refractivity contribution in [2.24, 2.45) is 0 Å². The van der Waals surface area contributed by atoms with Crippen molar-refractivity contribution in [3.05, 3.63) is 41.1 Å². The van der Waals surface area contributed by atoms with E-state index < -0.39 is 10.0 Å². The van der Waals surface area contributed by atoms with Gasteiger partial charge in [-0.2, -0.15) is 4.98 Å². The molecule has 3 aromatic rings. The number of ether oxygens (including phenoxy) is 3. The van der Waals surface area contributed by atoms with Crippen molar-refractivity contribution in [3.8, 4) is 22.9 Å². The largest absolute Gasteiger partial charge is 0.454 e. The first kappa shape index (κ1) is 20.9. The molecular formula is C19H18N4O7S2. The summed E-state index contributed by atoms with van der Waals surface area (Å²) in [6.07, 6.45) is 0. The maximum absolute atomic E-state index is 12.7. The fourth-order valence-electron chi connectivity index (χ4n) is 3.20. The maximum atomic E-state index is 12.7. The molecule has 2 aliphatic rings. The van der Waals surface area contributed by atoms with E-state index in [-0.39, 0.29) is 35.2 Å². The van der Waals surface area contributed by atoms with Crippen LogP contribution in [0.4, 0.5) is 0 Å². The van der Waals surface area contributed by atoms with E-state index >= 15 is 0 Å². The summed E-state index contributed by atoms with van der Waals surface area (Å²) in [6.45, 7) is 2.05. The summed E-state index contributed by atoms with van der Waals surface area (Å²) in [6, 6.07) is 6.68. The normalized spacial score (nSPS) is 15.8. The van der Waals surface area contributed by atoms with Gasteiger partial charge in [-0.1, -0.05) is 11.2 Å². The highest BCUT2D eigenvalue weighted by atomic mass is 32.2. The van der Waals surface area contributed by atoms with Gasteiger partial charge in [0.15, 0.2) is 11.5 Å². The van der Waals surface area contributed by atoms with Gasteiger partial charge in [-0.3, -0.25) is 4.79 Å². The number of carbonyl (C=O) groups excluding carboxylic acids is 1. The lowest BCUT2D eigenvalue weighted by Crippen LogP contribution is -2.40. The third-order valence-electron chi connectivity index (χ3n) is 4.91. The van der Waals surface area contributed by atoms with Crippen LogP contribution in [0.5, 0.6) is 11.5 Å². The van der Waals surface area contributed by atoms with Crippen LogP contribution in [0.25, 0.3) is 11.4 Å². The van der Waals surface area contributed by atoms with E-state index in [4.69, 9.17) is 18.7 Å². The average molecular weight is 479 g/mol. The molecule has 1 N–H and O–H groups in total. The minimum absolute atomic E-state index is 0.0899. The van der Waals surface area contributed by atoms with Crippen molar-refractivity contribution in [2.45, 2.75) is 10.8 Å². The fourth-order valence-corrected chi connectivity index (χ4v) is 5.42. The minimum atomic E-state index is -3.77. The van der Waals surface area contributed by atoms with Gasteiger partial charge in [-0.05, 0) is 23.8 Å². The quantitative estimate of drug-likeness (QED) is 0.559. The highest BCUT2D eigenvalue weighted by Crippen LogP contribution is 2.33. The first-order valence-electron chi connectivity index (χ1n) is 9.67. The highest BCUT2D eigenvalue weighted by molar-refractivity contribution is 7.91. The smallest absolute Gasteiger partial charge is 0.316 e. The standard InChI is InChI=1S/C19H18N4O7S2/c24-19(23-3-5-27-6-4-23)18-21-17(22-30-18)13-8-16(31-10-13)32(25,26)20-9-12-1-2-14-15(7-12)29-11-28-14/h1-2,7-8,10,20H,3-6,9,11H2. The zero-order valence-corrected chi connectivity index (χ0v) is 18.3. The molecule has 0 radical (unpaired) electrons. The van der Waals surface area contributed by atoms with Crippen molar-refractivity contribution in [1.82, 2.24) is 19.8 Å². The van der Waals surface area contributed by atoms with Gasteiger partial charge in [0.2, 0.25) is 22.6 Å². The van der Waals surface area contributed by atoms with Crippen molar-refractivity contribution in [2.75, 3.05) is 33.1 Å². The molecule has 0 saturated carbocycles. The van der Waals surface area contributed by atoms with Gasteiger partial charge in [-0.15, -0.1) is 11.3 Å². The van der Waals surface area contributed by atoms with Gasteiger partial charge in [0.1, 0.15) is 4.21 Å². The van der Waals surface area contributed by atoms with Crippen LogP contribution in [0.1, 0.15) is 16.2 Å². The molecule has 1 aromatic carbocycles. The van der Waals surface area contributed by atoms with Crippen LogP contribution in [0.3, 0.4) is 0 Å². The SMILES string of the molecule is O=C(c1nc(-c2csc(S(=O)(=O)NCc3ccc4c(c3)OCO4)c2)no1)N1CCOCC1. The number of rotatable bonds is 6. The van der Waals surface area contributed by atoms with Crippen LogP contribution in [0.2, 0.25) is 0 Å². The Morgan fingerprint density at radius 3 is 2.81 bits per heavy atom. The van der Waals surface area contributed by atoms with Gasteiger partial charge in [0.25, 0.3) is 0 Å². The van der Waals surface area contributed by atoms with Crippen molar-refractivity contribution >= 4 is 27.3 Å². The van der Waals surface area contributed by atoms with Gasteiger partial charge < -0.3 is 23.6 Å². The summed E-state index contributed by atoms with van der Waals surface area (Å²) < 4.78 is 49.0. The van der Waals surface area contributed by atoms with Gasteiger partial charge in [-0.25, -0.2) is 13.1 Å². The second-order valence-corrected chi connectivity index (χ2v) is 9.90. The van der Waals surface area contributed by atoms with Crippen LogP contribution >= 0.6 is 11.3 Å². The number of amides is 1. The number of nitrogens with one attached hydrogen (secondary N) is 1. The molecule has 13 heteroatoms. The van der Waals surface area contributed by atoms with E-state index in [0.29, 0.717) is 43.4 Å². The van der Waals surface area contributed by atoms with E-state index in [1.54, 1.807) is 28.5 Å². The van der Waals surface area contributed by atoms with E-state index in [1.165, 1.54) is 6.07 Å². The number of carbonyl (C=O) groups is 1. The summed E-state index contributed by atoms with van der Waals surface area (Å²) in [7, 11) is -3.77. The van der Waals surface area contributed by atoms with Crippen molar-refractivity contribution < 1.29 is 31.9 Å². The molecule has 1 saturated heterocycles. The number of aromatic nitrogens is 2. The number of hydrogen-bond donors (Lipinski definition) is 1. The summed E-state index contributed by atoms with van der Waals surface area (Å²) in [4.78, 5) is 18.2. The van der Waals surface area contributed by atoms with E-state index in [9.17, 15) is 13.2 Å². The molecule has 4 heterocycles.